The Balaban J connectivity index is 1.98. The van der Waals surface area contributed by atoms with Crippen LogP contribution in [0, 0.1) is 0 Å². The number of carbonyl (C=O) groups excluding carboxylic acids is 1. The lowest BCUT2D eigenvalue weighted by atomic mass is 10.1. The number of fused-ring (bicyclic) bond motifs is 1. The summed E-state index contributed by atoms with van der Waals surface area (Å²) in [5.41, 5.74) is 1.88. The lowest BCUT2D eigenvalue weighted by Crippen LogP contribution is -3.14. The molecule has 1 aromatic heterocycles. The van der Waals surface area contributed by atoms with Gasteiger partial charge < -0.3 is 10.2 Å². The minimum atomic E-state index is -0.0673. The van der Waals surface area contributed by atoms with Gasteiger partial charge in [0.2, 0.25) is 6.29 Å². The van der Waals surface area contributed by atoms with Crippen LogP contribution < -0.4 is 15.5 Å². The first-order chi connectivity index (χ1) is 9.15. The van der Waals surface area contributed by atoms with Crippen molar-refractivity contribution in [2.45, 2.75) is 6.29 Å². The molecule has 0 saturated heterocycles. The Morgan fingerprint density at radius 3 is 2.58 bits per heavy atom. The van der Waals surface area contributed by atoms with E-state index >= 15 is 0 Å². The van der Waals surface area contributed by atoms with Gasteiger partial charge >= 0.3 is 0 Å². The fourth-order valence-corrected chi connectivity index (χ4v) is 3.17. The Kier molecular flexibility index (Phi) is 3.00. The minimum Gasteiger partial charge on any atom is -0.309 e. The van der Waals surface area contributed by atoms with Crippen LogP contribution in [0.4, 0.5) is 5.00 Å². The highest BCUT2D eigenvalue weighted by atomic mass is 32.1. The maximum atomic E-state index is 12.1. The van der Waals surface area contributed by atoms with E-state index in [9.17, 15) is 4.79 Å². The zero-order valence-corrected chi connectivity index (χ0v) is 11.7. The van der Waals surface area contributed by atoms with Gasteiger partial charge in [-0.1, -0.05) is 30.3 Å². The van der Waals surface area contributed by atoms with Gasteiger partial charge in [0.15, 0.2) is 0 Å². The third kappa shape index (κ3) is 2.22. The van der Waals surface area contributed by atoms with Crippen LogP contribution in [0.3, 0.4) is 0 Å². The summed E-state index contributed by atoms with van der Waals surface area (Å²) in [6, 6.07) is 12.1. The van der Waals surface area contributed by atoms with Gasteiger partial charge in [-0.05, 0) is 11.6 Å². The van der Waals surface area contributed by atoms with Crippen LogP contribution in [0.25, 0.3) is 10.4 Å². The van der Waals surface area contributed by atoms with Crippen molar-refractivity contribution in [3.63, 3.8) is 0 Å². The molecule has 0 fully saturated rings. The van der Waals surface area contributed by atoms with Crippen molar-refractivity contribution >= 4 is 22.2 Å². The third-order valence-electron chi connectivity index (χ3n) is 3.16. The zero-order chi connectivity index (χ0) is 13.4. The number of benzene rings is 1. The molecular weight excluding hydrogens is 258 g/mol. The largest absolute Gasteiger partial charge is 0.309 e. The van der Waals surface area contributed by atoms with E-state index in [1.807, 2.05) is 38.4 Å². The number of hydrogen-bond acceptors (Lipinski definition) is 3. The molecule has 0 bridgehead atoms. The van der Waals surface area contributed by atoms with Gasteiger partial charge in [-0.25, -0.2) is 0 Å². The van der Waals surface area contributed by atoms with E-state index in [2.05, 4.69) is 22.8 Å². The molecule has 1 aliphatic heterocycles. The standard InChI is InChI=1S/C14H15N3OS/c1-17(2)14-15-12(18)10-8-11(19-13(10)16-14)9-6-4-3-5-7-9/h3-8,14,16H,1-2H3,(H,15,18)/p+1/t14-/m0/s1. The maximum Gasteiger partial charge on any atom is 0.260 e. The van der Waals surface area contributed by atoms with Crippen molar-refractivity contribution in [3.8, 4) is 10.4 Å². The summed E-state index contributed by atoms with van der Waals surface area (Å²) < 4.78 is 0. The van der Waals surface area contributed by atoms with E-state index in [4.69, 9.17) is 0 Å². The Morgan fingerprint density at radius 1 is 1.16 bits per heavy atom. The third-order valence-corrected chi connectivity index (χ3v) is 4.28. The number of rotatable bonds is 2. The second kappa shape index (κ2) is 4.68. The Labute approximate surface area is 116 Å². The fourth-order valence-electron chi connectivity index (χ4n) is 2.08. The molecule has 0 saturated carbocycles. The molecule has 1 amide bonds. The maximum absolute atomic E-state index is 12.1. The molecule has 2 aromatic rings. The van der Waals surface area contributed by atoms with Gasteiger partial charge in [-0.3, -0.25) is 10.1 Å². The monoisotopic (exact) mass is 274 g/mol. The van der Waals surface area contributed by atoms with E-state index < -0.39 is 0 Å². The number of amides is 1. The van der Waals surface area contributed by atoms with E-state index in [0.717, 1.165) is 25.9 Å². The SMILES string of the molecule is C[NH+](C)[C@H]1NC(=O)c2cc(-c3ccccc3)sc2N1. The summed E-state index contributed by atoms with van der Waals surface area (Å²) >= 11 is 1.63. The molecular formula is C14H16N3OS+. The van der Waals surface area contributed by atoms with Gasteiger partial charge in [-0.15, -0.1) is 11.3 Å². The summed E-state index contributed by atoms with van der Waals surface area (Å²) in [4.78, 5) is 14.3. The van der Waals surface area contributed by atoms with Crippen molar-refractivity contribution in [1.82, 2.24) is 5.32 Å². The highest BCUT2D eigenvalue weighted by Crippen LogP contribution is 2.36. The van der Waals surface area contributed by atoms with E-state index in [0.29, 0.717) is 0 Å². The molecule has 2 heterocycles. The van der Waals surface area contributed by atoms with Crippen LogP contribution in [0.5, 0.6) is 0 Å². The summed E-state index contributed by atoms with van der Waals surface area (Å²) in [7, 11) is 4.02. The predicted octanol–water partition coefficient (Wildman–Crippen LogP) is 0.999. The van der Waals surface area contributed by atoms with E-state index in [-0.39, 0.29) is 12.2 Å². The molecule has 4 nitrogen and oxygen atoms in total. The van der Waals surface area contributed by atoms with Gasteiger partial charge in [0.05, 0.1) is 19.7 Å². The zero-order valence-electron chi connectivity index (χ0n) is 10.9. The number of quaternary nitrogens is 1. The molecule has 19 heavy (non-hydrogen) atoms. The van der Waals surface area contributed by atoms with Crippen molar-refractivity contribution in [2.75, 3.05) is 19.4 Å². The van der Waals surface area contributed by atoms with Crippen molar-refractivity contribution in [1.29, 1.82) is 0 Å². The lowest BCUT2D eigenvalue weighted by Gasteiger charge is -2.27. The van der Waals surface area contributed by atoms with Crippen LogP contribution in [0.15, 0.2) is 36.4 Å². The molecule has 3 rings (SSSR count). The number of anilines is 1. The van der Waals surface area contributed by atoms with E-state index in [1.165, 1.54) is 0 Å². The highest BCUT2D eigenvalue weighted by Gasteiger charge is 2.29. The molecule has 1 aromatic carbocycles. The second-order valence-corrected chi connectivity index (χ2v) is 5.90. The topological polar surface area (TPSA) is 45.6 Å². The van der Waals surface area contributed by atoms with Crippen LogP contribution in [0.1, 0.15) is 10.4 Å². The summed E-state index contributed by atoms with van der Waals surface area (Å²) in [5.74, 6) is -0.00150. The smallest absolute Gasteiger partial charge is 0.260 e. The number of thiophene rings is 1. The van der Waals surface area contributed by atoms with Crippen molar-refractivity contribution in [3.05, 3.63) is 42.0 Å². The molecule has 1 atom stereocenters. The van der Waals surface area contributed by atoms with Gasteiger partial charge in [0.1, 0.15) is 5.00 Å². The average Bonchev–Trinajstić information content (AvgIpc) is 2.84. The molecule has 5 heteroatoms. The molecule has 3 N–H and O–H groups in total. The highest BCUT2D eigenvalue weighted by molar-refractivity contribution is 7.19. The second-order valence-electron chi connectivity index (χ2n) is 4.85. The summed E-state index contributed by atoms with van der Waals surface area (Å²) in [6.07, 6.45) is -0.0673. The molecule has 0 unspecified atom stereocenters. The number of nitrogens with one attached hydrogen (secondary N) is 3. The lowest BCUT2D eigenvalue weighted by molar-refractivity contribution is -0.884. The Hall–Kier alpha value is -1.85. The molecule has 0 aliphatic carbocycles. The first-order valence-corrected chi connectivity index (χ1v) is 7.03. The first-order valence-electron chi connectivity index (χ1n) is 6.22. The normalized spacial score (nSPS) is 17.8. The van der Waals surface area contributed by atoms with Crippen LogP contribution in [0.2, 0.25) is 0 Å². The molecule has 0 radical (unpaired) electrons. The van der Waals surface area contributed by atoms with Gasteiger partial charge in [0.25, 0.3) is 5.91 Å². The number of hydrogen-bond donors (Lipinski definition) is 3. The fraction of sp³-hybridized carbons (Fsp3) is 0.214. The van der Waals surface area contributed by atoms with Crippen molar-refractivity contribution in [2.24, 2.45) is 0 Å². The Morgan fingerprint density at radius 2 is 1.89 bits per heavy atom. The molecule has 98 valence electrons. The quantitative estimate of drug-likeness (QED) is 0.765. The summed E-state index contributed by atoms with van der Waals surface area (Å²) in [5, 5.41) is 7.28. The van der Waals surface area contributed by atoms with E-state index in [1.54, 1.807) is 11.3 Å². The van der Waals surface area contributed by atoms with Crippen molar-refractivity contribution < 1.29 is 9.69 Å². The van der Waals surface area contributed by atoms with Gasteiger partial charge in [-0.2, -0.15) is 0 Å². The predicted molar refractivity (Wildman–Crippen MR) is 77.4 cm³/mol. The van der Waals surface area contributed by atoms with Crippen LogP contribution in [-0.2, 0) is 0 Å². The average molecular weight is 274 g/mol. The molecule has 0 spiro atoms. The minimum absolute atomic E-state index is 0.00150. The van der Waals surface area contributed by atoms with Gasteiger partial charge in [0, 0.05) is 4.88 Å². The first kappa shape index (κ1) is 12.2. The summed E-state index contributed by atoms with van der Waals surface area (Å²) in [6.45, 7) is 0. The Bertz CT molecular complexity index is 606. The van der Waals surface area contributed by atoms with Crippen LogP contribution >= 0.6 is 11.3 Å². The van der Waals surface area contributed by atoms with Crippen LogP contribution in [-0.4, -0.2) is 26.3 Å². The number of carbonyl (C=O) groups is 1. The molecule has 1 aliphatic rings.